The van der Waals surface area contributed by atoms with E-state index in [-0.39, 0.29) is 5.69 Å². The summed E-state index contributed by atoms with van der Waals surface area (Å²) in [7, 11) is 0. The number of hydrogen-bond acceptors (Lipinski definition) is 5. The second-order valence-corrected chi connectivity index (χ2v) is 10.4. The van der Waals surface area contributed by atoms with Crippen molar-refractivity contribution >= 4 is 50.4 Å². The third-order valence-electron chi connectivity index (χ3n) is 7.74. The Bertz CT molecular complexity index is 1880. The summed E-state index contributed by atoms with van der Waals surface area (Å²) in [5.74, 6) is -1.72. The number of benzene rings is 5. The van der Waals surface area contributed by atoms with E-state index in [9.17, 15) is 19.7 Å². The van der Waals surface area contributed by atoms with Gasteiger partial charge in [-0.1, -0.05) is 84.9 Å². The summed E-state index contributed by atoms with van der Waals surface area (Å²) in [6.07, 6.45) is 0. The van der Waals surface area contributed by atoms with E-state index in [0.29, 0.717) is 39.5 Å². The number of carbonyl (C=O) groups excluding carboxylic acids is 2. The third kappa shape index (κ3) is 5.22. The molecule has 0 saturated carbocycles. The molecule has 5 aromatic rings. The van der Waals surface area contributed by atoms with E-state index in [0.717, 1.165) is 21.5 Å². The fourth-order valence-electron chi connectivity index (χ4n) is 5.80. The number of rotatable bonds is 6. The third-order valence-corrected chi connectivity index (χ3v) is 7.74. The van der Waals surface area contributed by atoms with Crippen molar-refractivity contribution in [2.24, 2.45) is 0 Å². The highest BCUT2D eigenvalue weighted by Gasteiger charge is 2.37. The van der Waals surface area contributed by atoms with Crippen molar-refractivity contribution in [3.8, 4) is 0 Å². The SMILES string of the molecule is CC1=C(C(=O)Nc2cccc3ccccc23)C(c2cccc([N+](=O)[O-])c2)C(C(=O)Nc2cccc3ccccc23)=C(C)N1. The van der Waals surface area contributed by atoms with Gasteiger partial charge in [0.2, 0.25) is 0 Å². The first kappa shape index (κ1) is 27.4. The Morgan fingerprint density at radius 1 is 0.674 bits per heavy atom. The van der Waals surface area contributed by atoms with Gasteiger partial charge in [0.05, 0.1) is 4.92 Å². The number of fused-ring (bicyclic) bond motifs is 2. The highest BCUT2D eigenvalue weighted by Crippen LogP contribution is 2.40. The molecule has 1 aliphatic rings. The zero-order valence-electron chi connectivity index (χ0n) is 23.5. The molecule has 8 heteroatoms. The van der Waals surface area contributed by atoms with Crippen LogP contribution in [-0.4, -0.2) is 16.7 Å². The molecule has 212 valence electrons. The summed E-state index contributed by atoms with van der Waals surface area (Å²) in [5.41, 5.74) is 3.25. The first-order valence-electron chi connectivity index (χ1n) is 13.8. The van der Waals surface area contributed by atoms with Crippen LogP contribution in [0.3, 0.4) is 0 Å². The van der Waals surface area contributed by atoms with Gasteiger partial charge < -0.3 is 16.0 Å². The normalized spacial score (nSPS) is 13.6. The van der Waals surface area contributed by atoms with Crippen molar-refractivity contribution in [2.45, 2.75) is 19.8 Å². The molecule has 0 spiro atoms. The van der Waals surface area contributed by atoms with Crippen molar-refractivity contribution in [3.05, 3.63) is 147 Å². The molecule has 0 atom stereocenters. The van der Waals surface area contributed by atoms with Gasteiger partial charge >= 0.3 is 0 Å². The average molecular weight is 569 g/mol. The summed E-state index contributed by atoms with van der Waals surface area (Å²) >= 11 is 0. The van der Waals surface area contributed by atoms with Crippen LogP contribution in [0, 0.1) is 10.1 Å². The molecule has 0 saturated heterocycles. The van der Waals surface area contributed by atoms with Gasteiger partial charge in [-0.3, -0.25) is 19.7 Å². The number of amides is 2. The summed E-state index contributed by atoms with van der Waals surface area (Å²) in [6.45, 7) is 3.54. The van der Waals surface area contributed by atoms with E-state index < -0.39 is 22.7 Å². The highest BCUT2D eigenvalue weighted by molar-refractivity contribution is 6.15. The lowest BCUT2D eigenvalue weighted by Crippen LogP contribution is -2.35. The van der Waals surface area contributed by atoms with Crippen LogP contribution in [0.5, 0.6) is 0 Å². The molecule has 0 bridgehead atoms. The van der Waals surface area contributed by atoms with Crippen LogP contribution >= 0.6 is 0 Å². The number of hydrogen-bond donors (Lipinski definition) is 3. The minimum Gasteiger partial charge on any atom is -0.362 e. The number of nitro benzene ring substituents is 1. The Labute approximate surface area is 247 Å². The van der Waals surface area contributed by atoms with Crippen LogP contribution in [0.4, 0.5) is 17.1 Å². The van der Waals surface area contributed by atoms with Gasteiger partial charge in [0.25, 0.3) is 17.5 Å². The maximum absolute atomic E-state index is 14.1. The van der Waals surface area contributed by atoms with Crippen LogP contribution in [0.2, 0.25) is 0 Å². The minimum atomic E-state index is -0.883. The Hall–Kier alpha value is -5.76. The van der Waals surface area contributed by atoms with Gasteiger partial charge in [-0.15, -0.1) is 0 Å². The fourth-order valence-corrected chi connectivity index (χ4v) is 5.80. The number of carbonyl (C=O) groups is 2. The van der Waals surface area contributed by atoms with Crippen LogP contribution < -0.4 is 16.0 Å². The lowest BCUT2D eigenvalue weighted by atomic mass is 9.79. The first-order valence-corrected chi connectivity index (χ1v) is 13.8. The lowest BCUT2D eigenvalue weighted by molar-refractivity contribution is -0.384. The molecule has 2 amide bonds. The molecule has 0 fully saturated rings. The van der Waals surface area contributed by atoms with Crippen LogP contribution in [0.15, 0.2) is 132 Å². The fraction of sp³-hybridized carbons (Fsp3) is 0.0857. The standard InChI is InChI=1S/C35H28N4O4/c1-21-31(34(40)37-29-18-8-12-23-10-3-5-16-27(23)29)33(25-14-7-15-26(20-25)39(42)43)32(22(2)36-21)35(41)38-30-19-9-13-24-11-4-6-17-28(24)30/h3-20,33,36H,1-2H3,(H,37,40)(H,38,41). The predicted octanol–water partition coefficient (Wildman–Crippen LogP) is 7.41. The van der Waals surface area contributed by atoms with E-state index >= 15 is 0 Å². The van der Waals surface area contributed by atoms with E-state index in [1.165, 1.54) is 12.1 Å². The van der Waals surface area contributed by atoms with E-state index in [4.69, 9.17) is 0 Å². The Kier molecular flexibility index (Phi) is 7.17. The maximum atomic E-state index is 14.1. The quantitative estimate of drug-likeness (QED) is 0.146. The summed E-state index contributed by atoms with van der Waals surface area (Å²) in [6, 6.07) is 32.8. The zero-order chi connectivity index (χ0) is 30.1. The number of nitrogens with zero attached hydrogens (tertiary/aromatic N) is 1. The molecule has 3 N–H and O–H groups in total. The Morgan fingerprint density at radius 3 is 1.65 bits per heavy atom. The number of dihydropyridines is 1. The smallest absolute Gasteiger partial charge is 0.269 e. The van der Waals surface area contributed by atoms with E-state index in [1.807, 2.05) is 84.9 Å². The Balaban J connectivity index is 1.45. The van der Waals surface area contributed by atoms with Gasteiger partial charge in [-0.25, -0.2) is 0 Å². The molecule has 0 radical (unpaired) electrons. The minimum absolute atomic E-state index is 0.131. The molecular weight excluding hydrogens is 540 g/mol. The Morgan fingerprint density at radius 2 is 1.14 bits per heavy atom. The lowest BCUT2D eigenvalue weighted by Gasteiger charge is -2.31. The number of allylic oxidation sites excluding steroid dienone is 2. The number of non-ortho nitro benzene ring substituents is 1. The molecule has 0 aliphatic carbocycles. The number of nitro groups is 1. The second kappa shape index (κ2) is 11.3. The van der Waals surface area contributed by atoms with Crippen molar-refractivity contribution < 1.29 is 14.5 Å². The molecule has 0 aromatic heterocycles. The molecule has 5 aromatic carbocycles. The molecule has 1 aliphatic heterocycles. The van der Waals surface area contributed by atoms with Gasteiger partial charge in [0, 0.05) is 62.7 Å². The molecule has 43 heavy (non-hydrogen) atoms. The van der Waals surface area contributed by atoms with Gasteiger partial charge in [0.1, 0.15) is 0 Å². The van der Waals surface area contributed by atoms with Crippen LogP contribution in [-0.2, 0) is 9.59 Å². The molecule has 6 rings (SSSR count). The van der Waals surface area contributed by atoms with Gasteiger partial charge in [-0.05, 0) is 42.3 Å². The predicted molar refractivity (Wildman–Crippen MR) is 170 cm³/mol. The van der Waals surface area contributed by atoms with Crippen molar-refractivity contribution in [1.29, 1.82) is 0 Å². The summed E-state index contributed by atoms with van der Waals surface area (Å²) in [4.78, 5) is 39.5. The average Bonchev–Trinajstić information content (AvgIpc) is 3.01. The van der Waals surface area contributed by atoms with Crippen LogP contribution in [0.25, 0.3) is 21.5 Å². The topological polar surface area (TPSA) is 113 Å². The summed E-state index contributed by atoms with van der Waals surface area (Å²) < 4.78 is 0. The maximum Gasteiger partial charge on any atom is 0.269 e. The van der Waals surface area contributed by atoms with Crippen molar-refractivity contribution in [3.63, 3.8) is 0 Å². The van der Waals surface area contributed by atoms with Gasteiger partial charge in [0.15, 0.2) is 0 Å². The summed E-state index contributed by atoms with van der Waals surface area (Å²) in [5, 5.41) is 24.7. The largest absolute Gasteiger partial charge is 0.362 e. The number of nitrogens with one attached hydrogen (secondary N) is 3. The van der Waals surface area contributed by atoms with Gasteiger partial charge in [-0.2, -0.15) is 0 Å². The monoisotopic (exact) mass is 568 g/mol. The van der Waals surface area contributed by atoms with Crippen LogP contribution in [0.1, 0.15) is 25.3 Å². The van der Waals surface area contributed by atoms with Crippen molar-refractivity contribution in [2.75, 3.05) is 10.6 Å². The molecular formula is C35H28N4O4. The van der Waals surface area contributed by atoms with Crippen molar-refractivity contribution in [1.82, 2.24) is 5.32 Å². The van der Waals surface area contributed by atoms with E-state index in [2.05, 4.69) is 16.0 Å². The number of anilines is 2. The molecule has 8 nitrogen and oxygen atoms in total. The molecule has 1 heterocycles. The highest BCUT2D eigenvalue weighted by atomic mass is 16.6. The second-order valence-electron chi connectivity index (χ2n) is 10.4. The van der Waals surface area contributed by atoms with E-state index in [1.54, 1.807) is 26.0 Å². The molecule has 0 unspecified atom stereocenters. The zero-order valence-corrected chi connectivity index (χ0v) is 23.5. The first-order chi connectivity index (χ1) is 20.8.